The smallest absolute Gasteiger partial charge is 0.261 e. The molecule has 2 aromatic carbocycles. The zero-order chi connectivity index (χ0) is 19.6. The number of carbonyl (C=O) groups excluding carboxylic acids is 1. The van der Waals surface area contributed by atoms with Gasteiger partial charge in [0.2, 0.25) is 0 Å². The van der Waals surface area contributed by atoms with Gasteiger partial charge in [-0.15, -0.1) is 0 Å². The number of carbonyl (C=O) groups is 1. The van der Waals surface area contributed by atoms with E-state index < -0.39 is 17.3 Å². The molecule has 0 saturated heterocycles. The van der Waals surface area contributed by atoms with Crippen LogP contribution in [0.2, 0.25) is 0 Å². The Kier molecular flexibility index (Phi) is 5.26. The Labute approximate surface area is 156 Å². The number of H-pyrrole nitrogens is 1. The Morgan fingerprint density at radius 1 is 1.11 bits per heavy atom. The fraction of sp³-hybridized carbons (Fsp3) is 0.238. The van der Waals surface area contributed by atoms with E-state index in [0.717, 1.165) is 24.3 Å². The summed E-state index contributed by atoms with van der Waals surface area (Å²) in [6.07, 6.45) is 0. The summed E-state index contributed by atoms with van der Waals surface area (Å²) in [6, 6.07) is 11.3. The summed E-state index contributed by atoms with van der Waals surface area (Å²) in [5, 5.41) is 3.39. The van der Waals surface area contributed by atoms with Crippen molar-refractivity contribution in [1.29, 1.82) is 0 Å². The van der Waals surface area contributed by atoms with Crippen molar-refractivity contribution in [2.75, 3.05) is 23.3 Å². The van der Waals surface area contributed by atoms with Gasteiger partial charge in [-0.1, -0.05) is 0 Å². The van der Waals surface area contributed by atoms with Crippen molar-refractivity contribution in [3.8, 4) is 0 Å². The van der Waals surface area contributed by atoms with Crippen LogP contribution in [0.1, 0.15) is 29.8 Å². The first-order valence-electron chi connectivity index (χ1n) is 8.92. The summed E-state index contributed by atoms with van der Waals surface area (Å²) >= 11 is 0. The van der Waals surface area contributed by atoms with Crippen LogP contribution in [0.4, 0.5) is 15.8 Å². The minimum absolute atomic E-state index is 0.0127. The predicted molar refractivity (Wildman–Crippen MR) is 107 cm³/mol. The van der Waals surface area contributed by atoms with Crippen molar-refractivity contribution in [2.24, 2.45) is 0 Å². The third kappa shape index (κ3) is 3.84. The number of aromatic amines is 1. The van der Waals surface area contributed by atoms with E-state index in [1.165, 1.54) is 24.3 Å². The van der Waals surface area contributed by atoms with E-state index in [-0.39, 0.29) is 5.56 Å². The summed E-state index contributed by atoms with van der Waals surface area (Å²) in [4.78, 5) is 29.6. The number of rotatable bonds is 5. The van der Waals surface area contributed by atoms with Gasteiger partial charge in [0.15, 0.2) is 0 Å². The second kappa shape index (κ2) is 7.61. The number of anilines is 2. The van der Waals surface area contributed by atoms with Crippen molar-refractivity contribution < 1.29 is 9.18 Å². The molecule has 0 aliphatic heterocycles. The Hall–Kier alpha value is -3.15. The Morgan fingerprint density at radius 2 is 1.85 bits per heavy atom. The standard InChI is InChI=1S/C21H22FN3O2/c1-4-25(5-2)16-8-9-18(13(3)10-16)23-20(26)17-11-14-6-7-15(22)12-19(14)24-21(17)27/h6-12H,4-5H2,1-3H3,(H,23,26)(H,24,27). The molecule has 0 saturated carbocycles. The van der Waals surface area contributed by atoms with Gasteiger partial charge in [-0.2, -0.15) is 0 Å². The zero-order valence-electron chi connectivity index (χ0n) is 15.6. The first-order valence-corrected chi connectivity index (χ1v) is 8.92. The van der Waals surface area contributed by atoms with Crippen LogP contribution in [0.5, 0.6) is 0 Å². The van der Waals surface area contributed by atoms with Crippen LogP contribution in [0, 0.1) is 12.7 Å². The highest BCUT2D eigenvalue weighted by Gasteiger charge is 2.14. The van der Waals surface area contributed by atoms with Gasteiger partial charge in [0.05, 0.1) is 5.52 Å². The molecule has 0 radical (unpaired) electrons. The maximum absolute atomic E-state index is 13.3. The van der Waals surface area contributed by atoms with Gasteiger partial charge in [-0.3, -0.25) is 9.59 Å². The number of hydrogen-bond acceptors (Lipinski definition) is 3. The van der Waals surface area contributed by atoms with Gasteiger partial charge in [-0.05, 0) is 74.2 Å². The molecule has 3 aromatic rings. The lowest BCUT2D eigenvalue weighted by Gasteiger charge is -2.22. The molecular weight excluding hydrogens is 345 g/mol. The van der Waals surface area contributed by atoms with Crippen LogP contribution in [-0.2, 0) is 0 Å². The first-order chi connectivity index (χ1) is 12.9. The van der Waals surface area contributed by atoms with Crippen LogP contribution < -0.4 is 15.8 Å². The van der Waals surface area contributed by atoms with E-state index in [1.54, 1.807) is 0 Å². The summed E-state index contributed by atoms with van der Waals surface area (Å²) in [5.41, 5.74) is 2.43. The topological polar surface area (TPSA) is 65.2 Å². The predicted octanol–water partition coefficient (Wildman–Crippen LogP) is 4.07. The minimum atomic E-state index is -0.553. The lowest BCUT2D eigenvalue weighted by atomic mass is 10.1. The van der Waals surface area contributed by atoms with Crippen LogP contribution in [0.25, 0.3) is 10.9 Å². The molecule has 3 rings (SSSR count). The molecule has 2 N–H and O–H groups in total. The fourth-order valence-electron chi connectivity index (χ4n) is 3.11. The van der Waals surface area contributed by atoms with Crippen LogP contribution in [0.15, 0.2) is 47.3 Å². The molecule has 27 heavy (non-hydrogen) atoms. The molecule has 0 bridgehead atoms. The van der Waals surface area contributed by atoms with E-state index in [0.29, 0.717) is 16.6 Å². The number of benzene rings is 2. The number of hydrogen-bond donors (Lipinski definition) is 2. The molecule has 1 heterocycles. The zero-order valence-corrected chi connectivity index (χ0v) is 15.6. The van der Waals surface area contributed by atoms with Gasteiger partial charge in [0.25, 0.3) is 11.5 Å². The highest BCUT2D eigenvalue weighted by molar-refractivity contribution is 6.06. The first kappa shape index (κ1) is 18.6. The maximum Gasteiger partial charge on any atom is 0.261 e. The minimum Gasteiger partial charge on any atom is -0.372 e. The summed E-state index contributed by atoms with van der Waals surface area (Å²) in [7, 11) is 0. The number of halogens is 1. The largest absolute Gasteiger partial charge is 0.372 e. The molecular formula is C21H22FN3O2. The second-order valence-corrected chi connectivity index (χ2v) is 6.37. The number of nitrogens with zero attached hydrogens (tertiary/aromatic N) is 1. The summed E-state index contributed by atoms with van der Waals surface area (Å²) < 4.78 is 13.3. The van der Waals surface area contributed by atoms with Crippen molar-refractivity contribution >= 4 is 28.2 Å². The van der Waals surface area contributed by atoms with Crippen LogP contribution in [-0.4, -0.2) is 24.0 Å². The van der Waals surface area contributed by atoms with Crippen LogP contribution in [0.3, 0.4) is 0 Å². The van der Waals surface area contributed by atoms with Crippen molar-refractivity contribution in [1.82, 2.24) is 4.98 Å². The van der Waals surface area contributed by atoms with Gasteiger partial charge < -0.3 is 15.2 Å². The number of pyridine rings is 1. The van der Waals surface area contributed by atoms with Crippen LogP contribution >= 0.6 is 0 Å². The normalized spacial score (nSPS) is 10.8. The molecule has 0 atom stereocenters. The molecule has 6 heteroatoms. The monoisotopic (exact) mass is 367 g/mol. The Balaban J connectivity index is 1.89. The van der Waals surface area contributed by atoms with E-state index in [4.69, 9.17) is 0 Å². The van der Waals surface area contributed by atoms with E-state index in [2.05, 4.69) is 29.0 Å². The number of amides is 1. The van der Waals surface area contributed by atoms with Crippen molar-refractivity contribution in [2.45, 2.75) is 20.8 Å². The molecule has 140 valence electrons. The fourth-order valence-corrected chi connectivity index (χ4v) is 3.11. The van der Waals surface area contributed by atoms with Gasteiger partial charge >= 0.3 is 0 Å². The third-order valence-electron chi connectivity index (χ3n) is 4.64. The van der Waals surface area contributed by atoms with E-state index >= 15 is 0 Å². The molecule has 0 aliphatic rings. The van der Waals surface area contributed by atoms with Gasteiger partial charge in [0, 0.05) is 24.5 Å². The highest BCUT2D eigenvalue weighted by atomic mass is 19.1. The number of aromatic nitrogens is 1. The van der Waals surface area contributed by atoms with Gasteiger partial charge in [-0.25, -0.2) is 4.39 Å². The SMILES string of the molecule is CCN(CC)c1ccc(NC(=O)c2cc3ccc(F)cc3[nH]c2=O)c(C)c1. The van der Waals surface area contributed by atoms with Crippen molar-refractivity contribution in [3.05, 3.63) is 69.8 Å². The quantitative estimate of drug-likeness (QED) is 0.714. The maximum atomic E-state index is 13.3. The lowest BCUT2D eigenvalue weighted by molar-refractivity contribution is 0.102. The van der Waals surface area contributed by atoms with E-state index in [9.17, 15) is 14.0 Å². The average Bonchev–Trinajstić information content (AvgIpc) is 2.64. The summed E-state index contributed by atoms with van der Waals surface area (Å²) in [5.74, 6) is -0.944. The number of fused-ring (bicyclic) bond motifs is 1. The molecule has 1 amide bonds. The molecule has 0 unspecified atom stereocenters. The van der Waals surface area contributed by atoms with Gasteiger partial charge in [0.1, 0.15) is 11.4 Å². The van der Waals surface area contributed by atoms with Crippen molar-refractivity contribution in [3.63, 3.8) is 0 Å². The number of aryl methyl sites for hydroxylation is 1. The summed E-state index contributed by atoms with van der Waals surface area (Å²) in [6.45, 7) is 7.89. The molecule has 0 aliphatic carbocycles. The average molecular weight is 367 g/mol. The molecule has 1 aromatic heterocycles. The Bertz CT molecular complexity index is 1050. The van der Waals surface area contributed by atoms with E-state index in [1.807, 2.05) is 25.1 Å². The molecule has 5 nitrogen and oxygen atoms in total. The molecule has 0 fully saturated rings. The third-order valence-corrected chi connectivity index (χ3v) is 4.64. The second-order valence-electron chi connectivity index (χ2n) is 6.37. The Morgan fingerprint density at radius 3 is 2.52 bits per heavy atom. The highest BCUT2D eigenvalue weighted by Crippen LogP contribution is 2.23. The molecule has 0 spiro atoms. The number of nitrogens with one attached hydrogen (secondary N) is 2. The lowest BCUT2D eigenvalue weighted by Crippen LogP contribution is -2.24.